The number of ether oxygens (including phenoxy) is 1. The van der Waals surface area contributed by atoms with Gasteiger partial charge in [-0.05, 0) is 18.6 Å². The Morgan fingerprint density at radius 2 is 2.25 bits per heavy atom. The van der Waals surface area contributed by atoms with Gasteiger partial charge < -0.3 is 15.2 Å². The highest BCUT2D eigenvalue weighted by Gasteiger charge is 2.06. The van der Waals surface area contributed by atoms with Crippen LogP contribution in [0.3, 0.4) is 0 Å². The highest BCUT2D eigenvalue weighted by atomic mass is 35.5. The van der Waals surface area contributed by atoms with Crippen molar-refractivity contribution in [1.29, 1.82) is 0 Å². The molecule has 4 nitrogen and oxygen atoms in total. The molecule has 1 aromatic rings. The van der Waals surface area contributed by atoms with Crippen LogP contribution in [0.5, 0.6) is 5.75 Å². The van der Waals surface area contributed by atoms with E-state index < -0.39 is 5.97 Å². The van der Waals surface area contributed by atoms with Crippen molar-refractivity contribution in [3.8, 4) is 5.75 Å². The third-order valence-electron chi connectivity index (χ3n) is 2.14. The molecule has 5 heteroatoms. The van der Waals surface area contributed by atoms with Gasteiger partial charge in [-0.15, -0.1) is 0 Å². The molecule has 0 radical (unpaired) electrons. The minimum absolute atomic E-state index is 0.0603. The Morgan fingerprint density at radius 1 is 1.56 bits per heavy atom. The predicted molar refractivity (Wildman–Crippen MR) is 63.5 cm³/mol. The molecule has 0 fully saturated rings. The van der Waals surface area contributed by atoms with Crippen molar-refractivity contribution in [3.05, 3.63) is 22.7 Å². The SMILES string of the molecule is COc1cc(Cl)c(C)cc1NCCC(=O)O. The molecule has 0 spiro atoms. The van der Waals surface area contributed by atoms with Crippen LogP contribution in [-0.2, 0) is 4.79 Å². The van der Waals surface area contributed by atoms with Gasteiger partial charge in [0.15, 0.2) is 0 Å². The summed E-state index contributed by atoms with van der Waals surface area (Å²) in [5, 5.41) is 12.1. The summed E-state index contributed by atoms with van der Waals surface area (Å²) >= 11 is 5.95. The van der Waals surface area contributed by atoms with Gasteiger partial charge in [0.2, 0.25) is 0 Å². The summed E-state index contributed by atoms with van der Waals surface area (Å²) in [6.45, 7) is 2.23. The summed E-state index contributed by atoms with van der Waals surface area (Å²) in [4.78, 5) is 10.4. The number of halogens is 1. The topological polar surface area (TPSA) is 58.6 Å². The Kier molecular flexibility index (Phi) is 4.43. The van der Waals surface area contributed by atoms with Crippen LogP contribution in [0, 0.1) is 6.92 Å². The molecular formula is C11H14ClNO3. The fourth-order valence-electron chi connectivity index (χ4n) is 1.27. The maximum absolute atomic E-state index is 10.4. The van der Waals surface area contributed by atoms with Gasteiger partial charge in [-0.1, -0.05) is 11.6 Å². The van der Waals surface area contributed by atoms with Gasteiger partial charge in [0.1, 0.15) is 5.75 Å². The minimum Gasteiger partial charge on any atom is -0.495 e. The number of aryl methyl sites for hydroxylation is 1. The molecule has 2 N–H and O–H groups in total. The van der Waals surface area contributed by atoms with Gasteiger partial charge >= 0.3 is 5.97 Å². The molecule has 0 saturated carbocycles. The zero-order valence-corrected chi connectivity index (χ0v) is 9.97. The summed E-state index contributed by atoms with van der Waals surface area (Å²) in [6, 6.07) is 3.54. The normalized spacial score (nSPS) is 9.94. The Hall–Kier alpha value is -1.42. The van der Waals surface area contributed by atoms with E-state index in [0.717, 1.165) is 11.3 Å². The number of carboxylic acid groups (broad SMARTS) is 1. The number of benzene rings is 1. The van der Waals surface area contributed by atoms with Gasteiger partial charge in [0, 0.05) is 17.6 Å². The lowest BCUT2D eigenvalue weighted by atomic mass is 10.2. The molecule has 1 aromatic carbocycles. The molecule has 0 amide bonds. The molecule has 0 heterocycles. The first-order valence-corrected chi connectivity index (χ1v) is 5.22. The van der Waals surface area contributed by atoms with Crippen LogP contribution in [0.15, 0.2) is 12.1 Å². The highest BCUT2D eigenvalue weighted by molar-refractivity contribution is 6.31. The molecule has 1 rings (SSSR count). The average Bonchev–Trinajstić information content (AvgIpc) is 2.22. The van der Waals surface area contributed by atoms with Crippen molar-refractivity contribution in [2.45, 2.75) is 13.3 Å². The van der Waals surface area contributed by atoms with Crippen molar-refractivity contribution in [2.24, 2.45) is 0 Å². The first-order valence-electron chi connectivity index (χ1n) is 4.84. The number of anilines is 1. The van der Waals surface area contributed by atoms with Crippen LogP contribution in [-0.4, -0.2) is 24.7 Å². The Labute approximate surface area is 99.2 Å². The number of rotatable bonds is 5. The largest absolute Gasteiger partial charge is 0.495 e. The quantitative estimate of drug-likeness (QED) is 0.835. The first kappa shape index (κ1) is 12.6. The van der Waals surface area contributed by atoms with Crippen molar-refractivity contribution < 1.29 is 14.6 Å². The first-order chi connectivity index (χ1) is 7.54. The standard InChI is InChI=1S/C11H14ClNO3/c1-7-5-9(13-4-3-11(14)15)10(16-2)6-8(7)12/h5-6,13H,3-4H2,1-2H3,(H,14,15). The third kappa shape index (κ3) is 3.31. The molecule has 88 valence electrons. The van der Waals surface area contributed by atoms with Crippen molar-refractivity contribution >= 4 is 23.3 Å². The summed E-state index contributed by atoms with van der Waals surface area (Å²) in [6.07, 6.45) is 0.0603. The molecule has 0 aromatic heterocycles. The summed E-state index contributed by atoms with van der Waals surface area (Å²) < 4.78 is 5.14. The van der Waals surface area contributed by atoms with Crippen molar-refractivity contribution in [1.82, 2.24) is 0 Å². The molecular weight excluding hydrogens is 230 g/mol. The Morgan fingerprint density at radius 3 is 2.81 bits per heavy atom. The Balaban J connectivity index is 2.77. The lowest BCUT2D eigenvalue weighted by Crippen LogP contribution is -2.08. The smallest absolute Gasteiger partial charge is 0.305 e. The van der Waals surface area contributed by atoms with Crippen LogP contribution in [0.1, 0.15) is 12.0 Å². The molecule has 0 aliphatic rings. The molecule has 16 heavy (non-hydrogen) atoms. The molecule has 0 saturated heterocycles. The van der Waals surface area contributed by atoms with Crippen LogP contribution in [0.4, 0.5) is 5.69 Å². The monoisotopic (exact) mass is 243 g/mol. The number of carboxylic acids is 1. The highest BCUT2D eigenvalue weighted by Crippen LogP contribution is 2.30. The zero-order valence-electron chi connectivity index (χ0n) is 9.21. The summed E-state index contributed by atoms with van der Waals surface area (Å²) in [7, 11) is 1.55. The van der Waals surface area contributed by atoms with Gasteiger partial charge in [0.05, 0.1) is 19.2 Å². The van der Waals surface area contributed by atoms with Crippen molar-refractivity contribution in [2.75, 3.05) is 19.0 Å². The second-order valence-corrected chi connectivity index (χ2v) is 3.78. The molecule has 0 unspecified atom stereocenters. The summed E-state index contributed by atoms with van der Waals surface area (Å²) in [5.41, 5.74) is 1.67. The van der Waals surface area contributed by atoms with E-state index in [2.05, 4.69) is 5.32 Å². The van der Waals surface area contributed by atoms with Crippen LogP contribution in [0.25, 0.3) is 0 Å². The van der Waals surface area contributed by atoms with E-state index in [1.54, 1.807) is 13.2 Å². The van der Waals surface area contributed by atoms with E-state index in [9.17, 15) is 4.79 Å². The van der Waals surface area contributed by atoms with E-state index >= 15 is 0 Å². The van der Waals surface area contributed by atoms with Crippen LogP contribution < -0.4 is 10.1 Å². The van der Waals surface area contributed by atoms with Gasteiger partial charge in [-0.25, -0.2) is 0 Å². The van der Waals surface area contributed by atoms with E-state index in [1.807, 2.05) is 13.0 Å². The predicted octanol–water partition coefficient (Wildman–Crippen LogP) is 2.54. The number of aliphatic carboxylic acids is 1. The number of methoxy groups -OCH3 is 1. The second-order valence-electron chi connectivity index (χ2n) is 3.37. The van der Waals surface area contributed by atoms with Gasteiger partial charge in [-0.2, -0.15) is 0 Å². The minimum atomic E-state index is -0.836. The van der Waals surface area contributed by atoms with Crippen LogP contribution in [0.2, 0.25) is 5.02 Å². The van der Waals surface area contributed by atoms with E-state index in [-0.39, 0.29) is 6.42 Å². The fraction of sp³-hybridized carbons (Fsp3) is 0.364. The third-order valence-corrected chi connectivity index (χ3v) is 2.54. The van der Waals surface area contributed by atoms with E-state index in [1.165, 1.54) is 0 Å². The number of hydrogen-bond acceptors (Lipinski definition) is 3. The second kappa shape index (κ2) is 5.61. The average molecular weight is 244 g/mol. The molecule has 0 atom stereocenters. The van der Waals surface area contributed by atoms with Gasteiger partial charge in [-0.3, -0.25) is 4.79 Å². The zero-order chi connectivity index (χ0) is 12.1. The Bertz CT molecular complexity index is 393. The van der Waals surface area contributed by atoms with Crippen molar-refractivity contribution in [3.63, 3.8) is 0 Å². The molecule has 0 aliphatic carbocycles. The number of hydrogen-bond donors (Lipinski definition) is 2. The molecule has 0 aliphatic heterocycles. The lowest BCUT2D eigenvalue weighted by Gasteiger charge is -2.12. The number of carbonyl (C=O) groups is 1. The molecule has 0 bridgehead atoms. The van der Waals surface area contributed by atoms with E-state index in [4.69, 9.17) is 21.4 Å². The number of nitrogens with one attached hydrogen (secondary N) is 1. The lowest BCUT2D eigenvalue weighted by molar-refractivity contribution is -0.136. The maximum atomic E-state index is 10.4. The maximum Gasteiger partial charge on any atom is 0.305 e. The van der Waals surface area contributed by atoms with Crippen LogP contribution >= 0.6 is 11.6 Å². The van der Waals surface area contributed by atoms with Gasteiger partial charge in [0.25, 0.3) is 0 Å². The summed E-state index contributed by atoms with van der Waals surface area (Å²) in [5.74, 6) is -0.224. The fourth-order valence-corrected chi connectivity index (χ4v) is 1.43. The van der Waals surface area contributed by atoms with E-state index in [0.29, 0.717) is 17.3 Å².